The van der Waals surface area contributed by atoms with E-state index in [9.17, 15) is 13.2 Å². The summed E-state index contributed by atoms with van der Waals surface area (Å²) < 4.78 is 36.4. The number of anilines is 2. The molecule has 2 rings (SSSR count). The molecular weight excluding hydrogens is 427 g/mol. The number of halogens is 2. The maximum atomic E-state index is 12.8. The minimum absolute atomic E-state index is 0.171. The molecule has 0 aliphatic rings. The van der Waals surface area contributed by atoms with Crippen LogP contribution in [-0.4, -0.2) is 40.8 Å². The van der Waals surface area contributed by atoms with Gasteiger partial charge < -0.3 is 14.8 Å². The van der Waals surface area contributed by atoms with Crippen LogP contribution in [0.1, 0.15) is 6.92 Å². The van der Waals surface area contributed by atoms with Gasteiger partial charge in [0.1, 0.15) is 17.5 Å². The second-order valence-corrected chi connectivity index (χ2v) is 8.59. The highest BCUT2D eigenvalue weighted by Crippen LogP contribution is 2.35. The zero-order valence-corrected chi connectivity index (χ0v) is 18.0. The van der Waals surface area contributed by atoms with Gasteiger partial charge in [0.25, 0.3) is 0 Å². The molecule has 0 spiro atoms. The second-order valence-electron chi connectivity index (χ2n) is 5.89. The van der Waals surface area contributed by atoms with E-state index in [1.807, 2.05) is 0 Å². The Morgan fingerprint density at radius 3 is 2.36 bits per heavy atom. The fraction of sp³-hybridized carbons (Fsp3) is 0.278. The molecule has 2 aromatic carbocycles. The number of hydrogen-bond acceptors (Lipinski definition) is 5. The number of ether oxygens (including phenoxy) is 2. The van der Waals surface area contributed by atoms with Crippen LogP contribution in [0.15, 0.2) is 36.4 Å². The number of carbonyl (C=O) groups is 1. The van der Waals surface area contributed by atoms with Crippen molar-refractivity contribution >= 4 is 50.5 Å². The topological polar surface area (TPSA) is 84.9 Å². The van der Waals surface area contributed by atoms with E-state index in [4.69, 9.17) is 32.7 Å². The molecule has 1 atom stereocenters. The smallest absolute Gasteiger partial charge is 0.248 e. The monoisotopic (exact) mass is 446 g/mol. The van der Waals surface area contributed by atoms with Gasteiger partial charge in [-0.3, -0.25) is 9.10 Å². The number of nitrogens with zero attached hydrogens (tertiary/aromatic N) is 1. The minimum atomic E-state index is -3.85. The third-order valence-corrected chi connectivity index (χ3v) is 5.69. The van der Waals surface area contributed by atoms with E-state index in [1.165, 1.54) is 39.3 Å². The fourth-order valence-electron chi connectivity index (χ4n) is 2.58. The van der Waals surface area contributed by atoms with Gasteiger partial charge in [-0.2, -0.15) is 0 Å². The number of hydrogen-bond donors (Lipinski definition) is 1. The lowest BCUT2D eigenvalue weighted by Crippen LogP contribution is -2.45. The van der Waals surface area contributed by atoms with Crippen molar-refractivity contribution in [2.24, 2.45) is 0 Å². The highest BCUT2D eigenvalue weighted by atomic mass is 35.5. The van der Waals surface area contributed by atoms with Crippen molar-refractivity contribution in [3.05, 3.63) is 46.4 Å². The van der Waals surface area contributed by atoms with Crippen molar-refractivity contribution in [1.29, 1.82) is 0 Å². The van der Waals surface area contributed by atoms with Crippen molar-refractivity contribution in [2.45, 2.75) is 13.0 Å². The van der Waals surface area contributed by atoms with Gasteiger partial charge in [-0.1, -0.05) is 23.2 Å². The molecule has 1 unspecified atom stereocenters. The Kier molecular flexibility index (Phi) is 7.03. The molecule has 7 nitrogen and oxygen atoms in total. The van der Waals surface area contributed by atoms with Crippen LogP contribution in [0.5, 0.6) is 11.5 Å². The summed E-state index contributed by atoms with van der Waals surface area (Å²) in [6.45, 7) is 1.45. The number of amides is 1. The number of benzene rings is 2. The summed E-state index contributed by atoms with van der Waals surface area (Å²) in [6, 6.07) is 8.13. The predicted octanol–water partition coefficient (Wildman–Crippen LogP) is 3.80. The van der Waals surface area contributed by atoms with Gasteiger partial charge in [0, 0.05) is 11.1 Å². The minimum Gasteiger partial charge on any atom is -0.497 e. The molecule has 0 aliphatic carbocycles. The summed E-state index contributed by atoms with van der Waals surface area (Å²) >= 11 is 12.0. The van der Waals surface area contributed by atoms with Crippen LogP contribution >= 0.6 is 23.2 Å². The molecule has 0 bridgehead atoms. The first-order valence-corrected chi connectivity index (χ1v) is 10.7. The number of carbonyl (C=O) groups excluding carboxylic acids is 1. The Hall–Kier alpha value is -2.16. The Morgan fingerprint density at radius 2 is 1.79 bits per heavy atom. The molecular formula is C18H20Cl2N2O5S. The van der Waals surface area contributed by atoms with Gasteiger partial charge in [0.05, 0.1) is 36.9 Å². The van der Waals surface area contributed by atoms with Crippen LogP contribution in [0.4, 0.5) is 11.4 Å². The molecule has 28 heavy (non-hydrogen) atoms. The van der Waals surface area contributed by atoms with Gasteiger partial charge in [-0.05, 0) is 37.3 Å². The molecule has 10 heteroatoms. The summed E-state index contributed by atoms with van der Waals surface area (Å²) in [7, 11) is -0.995. The molecule has 0 heterocycles. The summed E-state index contributed by atoms with van der Waals surface area (Å²) in [5.74, 6) is 0.0843. The first kappa shape index (κ1) is 22.1. The van der Waals surface area contributed by atoms with Crippen LogP contribution in [0.25, 0.3) is 0 Å². The van der Waals surface area contributed by atoms with Crippen molar-refractivity contribution in [1.82, 2.24) is 0 Å². The predicted molar refractivity (Wildman–Crippen MR) is 111 cm³/mol. The second kappa shape index (κ2) is 8.89. The van der Waals surface area contributed by atoms with Gasteiger partial charge in [0.15, 0.2) is 0 Å². The van der Waals surface area contributed by atoms with E-state index in [1.54, 1.807) is 18.2 Å². The third kappa shape index (κ3) is 5.01. The van der Waals surface area contributed by atoms with Gasteiger partial charge in [0.2, 0.25) is 15.9 Å². The number of nitrogens with one attached hydrogen (secondary N) is 1. The Morgan fingerprint density at radius 1 is 1.11 bits per heavy atom. The molecule has 0 aromatic heterocycles. The summed E-state index contributed by atoms with van der Waals surface area (Å²) in [4.78, 5) is 12.8. The quantitative estimate of drug-likeness (QED) is 0.698. The van der Waals surface area contributed by atoms with Crippen LogP contribution in [0.3, 0.4) is 0 Å². The average molecular weight is 447 g/mol. The Bertz CT molecular complexity index is 982. The summed E-state index contributed by atoms with van der Waals surface area (Å²) in [5, 5.41) is 3.26. The Balaban J connectivity index is 2.46. The number of methoxy groups -OCH3 is 2. The molecule has 1 amide bonds. The van der Waals surface area contributed by atoms with Gasteiger partial charge >= 0.3 is 0 Å². The molecule has 1 N–H and O–H groups in total. The van der Waals surface area contributed by atoms with Crippen LogP contribution < -0.4 is 19.1 Å². The maximum absolute atomic E-state index is 12.8. The summed E-state index contributed by atoms with van der Waals surface area (Å²) in [5.41, 5.74) is 0.446. The molecule has 0 saturated heterocycles. The van der Waals surface area contributed by atoms with Crippen LogP contribution in [0, 0.1) is 0 Å². The standard InChI is InChI=1S/C18H20Cl2N2O5S/c1-11(18(23)21-15-9-12(19)5-7-14(15)20)22(28(4,24)25)16-10-13(26-2)6-8-17(16)27-3/h5-11H,1-4H3,(H,21,23). The zero-order valence-electron chi connectivity index (χ0n) is 15.7. The van der Waals surface area contributed by atoms with Crippen LogP contribution in [-0.2, 0) is 14.8 Å². The number of rotatable bonds is 7. The zero-order chi connectivity index (χ0) is 21.1. The van der Waals surface area contributed by atoms with E-state index in [-0.39, 0.29) is 22.1 Å². The molecule has 0 radical (unpaired) electrons. The SMILES string of the molecule is COc1ccc(OC)c(N(C(C)C(=O)Nc2cc(Cl)ccc2Cl)S(C)(=O)=O)c1. The van der Waals surface area contributed by atoms with E-state index in [2.05, 4.69) is 5.32 Å². The molecule has 0 aliphatic heterocycles. The van der Waals surface area contributed by atoms with E-state index in [0.717, 1.165) is 10.6 Å². The normalized spacial score (nSPS) is 12.2. The number of sulfonamides is 1. The lowest BCUT2D eigenvalue weighted by Gasteiger charge is -2.29. The molecule has 2 aromatic rings. The summed E-state index contributed by atoms with van der Waals surface area (Å²) in [6.07, 6.45) is 1.00. The first-order chi connectivity index (χ1) is 13.1. The largest absolute Gasteiger partial charge is 0.497 e. The van der Waals surface area contributed by atoms with Crippen molar-refractivity contribution in [2.75, 3.05) is 30.1 Å². The highest BCUT2D eigenvalue weighted by molar-refractivity contribution is 7.92. The van der Waals surface area contributed by atoms with Crippen molar-refractivity contribution in [3.8, 4) is 11.5 Å². The van der Waals surface area contributed by atoms with E-state index < -0.39 is 22.0 Å². The lowest BCUT2D eigenvalue weighted by atomic mass is 10.2. The molecule has 0 saturated carbocycles. The van der Waals surface area contributed by atoms with Crippen LogP contribution in [0.2, 0.25) is 10.0 Å². The highest BCUT2D eigenvalue weighted by Gasteiger charge is 2.32. The maximum Gasteiger partial charge on any atom is 0.248 e. The van der Waals surface area contributed by atoms with E-state index >= 15 is 0 Å². The molecule has 0 fully saturated rings. The third-order valence-electron chi connectivity index (χ3n) is 3.90. The lowest BCUT2D eigenvalue weighted by molar-refractivity contribution is -0.116. The van der Waals surface area contributed by atoms with Gasteiger partial charge in [-0.25, -0.2) is 8.42 Å². The van der Waals surface area contributed by atoms with Gasteiger partial charge in [-0.15, -0.1) is 0 Å². The Labute approximate surface area is 174 Å². The van der Waals surface area contributed by atoms with Crippen molar-refractivity contribution < 1.29 is 22.7 Å². The average Bonchev–Trinajstić information content (AvgIpc) is 2.63. The van der Waals surface area contributed by atoms with Crippen molar-refractivity contribution in [3.63, 3.8) is 0 Å². The molecule has 152 valence electrons. The fourth-order valence-corrected chi connectivity index (χ4v) is 4.09. The van der Waals surface area contributed by atoms with E-state index in [0.29, 0.717) is 10.8 Å². The first-order valence-electron chi connectivity index (χ1n) is 8.05.